The third-order valence-corrected chi connectivity index (χ3v) is 7.21. The van der Waals surface area contributed by atoms with Gasteiger partial charge < -0.3 is 24.8 Å². The monoisotopic (exact) mass is 455 g/mol. The van der Waals surface area contributed by atoms with E-state index in [1.165, 1.54) is 10.4 Å². The Morgan fingerprint density at radius 1 is 1.23 bits per heavy atom. The number of sulfonamides is 1. The minimum absolute atomic E-state index is 0.117. The van der Waals surface area contributed by atoms with Crippen molar-refractivity contribution in [3.05, 3.63) is 18.2 Å². The lowest BCUT2D eigenvalue weighted by Crippen LogP contribution is -2.40. The number of rotatable bonds is 11. The van der Waals surface area contributed by atoms with Crippen LogP contribution in [0.15, 0.2) is 23.1 Å². The van der Waals surface area contributed by atoms with E-state index in [0.29, 0.717) is 70.3 Å². The van der Waals surface area contributed by atoms with Gasteiger partial charge in [-0.3, -0.25) is 4.79 Å². The number of carbonyl (C=O) groups excluding carboxylic acids is 1. The van der Waals surface area contributed by atoms with Gasteiger partial charge in [-0.1, -0.05) is 0 Å². The Bertz CT molecular complexity index is 820. The van der Waals surface area contributed by atoms with Crippen molar-refractivity contribution in [2.45, 2.75) is 43.6 Å². The number of ether oxygens (including phenoxy) is 3. The Balaban J connectivity index is 1.75. The standard InChI is InChI=1S/C21H33N3O6S/c1-2-28-11-4-6-21(25)23-20-15-18(31(26,27)24-9-13-29-14-10-24)7-8-19(20)22-16-17-5-3-12-30-17/h7-8,15,17,22H,2-6,9-14,16H2,1H3,(H,23,25). The smallest absolute Gasteiger partial charge is 0.243 e. The summed E-state index contributed by atoms with van der Waals surface area (Å²) in [7, 11) is -3.66. The zero-order chi connectivity index (χ0) is 22.1. The van der Waals surface area contributed by atoms with E-state index in [1.807, 2.05) is 6.92 Å². The predicted molar refractivity (Wildman–Crippen MR) is 118 cm³/mol. The molecular weight excluding hydrogens is 422 g/mol. The number of hydrogen-bond donors (Lipinski definition) is 2. The van der Waals surface area contributed by atoms with Crippen molar-refractivity contribution >= 4 is 27.3 Å². The molecule has 1 aromatic rings. The number of nitrogens with one attached hydrogen (secondary N) is 2. The van der Waals surface area contributed by atoms with Gasteiger partial charge in [-0.25, -0.2) is 8.42 Å². The number of nitrogens with zero attached hydrogens (tertiary/aromatic N) is 1. The topological polar surface area (TPSA) is 106 Å². The van der Waals surface area contributed by atoms with E-state index in [1.54, 1.807) is 12.1 Å². The fraction of sp³-hybridized carbons (Fsp3) is 0.667. The number of morpholine rings is 1. The van der Waals surface area contributed by atoms with Gasteiger partial charge in [0.2, 0.25) is 15.9 Å². The first-order chi connectivity index (χ1) is 15.0. The zero-order valence-electron chi connectivity index (χ0n) is 18.1. The molecule has 1 amide bonds. The predicted octanol–water partition coefficient (Wildman–Crippen LogP) is 2.05. The van der Waals surface area contributed by atoms with Gasteiger partial charge in [0.05, 0.1) is 35.6 Å². The highest BCUT2D eigenvalue weighted by atomic mass is 32.2. The Hall–Kier alpha value is -1.72. The van der Waals surface area contributed by atoms with Gasteiger partial charge in [-0.05, 0) is 44.4 Å². The van der Waals surface area contributed by atoms with Crippen molar-refractivity contribution in [1.82, 2.24) is 4.31 Å². The molecule has 2 fully saturated rings. The number of anilines is 2. The molecule has 3 rings (SSSR count). The summed E-state index contributed by atoms with van der Waals surface area (Å²) in [6.07, 6.45) is 3.03. The molecule has 0 spiro atoms. The SMILES string of the molecule is CCOCCCC(=O)Nc1cc(S(=O)(=O)N2CCOCC2)ccc1NCC1CCCO1. The lowest BCUT2D eigenvalue weighted by molar-refractivity contribution is -0.116. The third-order valence-electron chi connectivity index (χ3n) is 5.31. The van der Waals surface area contributed by atoms with E-state index in [0.717, 1.165) is 19.4 Å². The minimum Gasteiger partial charge on any atom is -0.382 e. The summed E-state index contributed by atoms with van der Waals surface area (Å²) in [6, 6.07) is 4.81. The van der Waals surface area contributed by atoms with Crippen LogP contribution in [0.1, 0.15) is 32.6 Å². The molecule has 31 heavy (non-hydrogen) atoms. The molecule has 2 aliphatic rings. The molecule has 174 valence electrons. The van der Waals surface area contributed by atoms with Crippen LogP contribution in [0.5, 0.6) is 0 Å². The lowest BCUT2D eigenvalue weighted by Gasteiger charge is -2.26. The van der Waals surface area contributed by atoms with Crippen LogP contribution >= 0.6 is 0 Å². The van der Waals surface area contributed by atoms with Crippen LogP contribution in [0.25, 0.3) is 0 Å². The summed E-state index contributed by atoms with van der Waals surface area (Å²) in [4.78, 5) is 12.6. The van der Waals surface area contributed by atoms with Crippen LogP contribution in [0.2, 0.25) is 0 Å². The molecule has 1 unspecified atom stereocenters. The van der Waals surface area contributed by atoms with Crippen molar-refractivity contribution in [2.75, 3.05) is 63.3 Å². The van der Waals surface area contributed by atoms with E-state index >= 15 is 0 Å². The highest BCUT2D eigenvalue weighted by Gasteiger charge is 2.27. The fourth-order valence-electron chi connectivity index (χ4n) is 3.60. The third kappa shape index (κ3) is 6.88. The average molecular weight is 456 g/mol. The highest BCUT2D eigenvalue weighted by Crippen LogP contribution is 2.28. The molecule has 9 nitrogen and oxygen atoms in total. The Morgan fingerprint density at radius 3 is 2.74 bits per heavy atom. The van der Waals surface area contributed by atoms with E-state index in [2.05, 4.69) is 10.6 Å². The fourth-order valence-corrected chi connectivity index (χ4v) is 5.03. The second-order valence-electron chi connectivity index (χ2n) is 7.59. The first-order valence-electron chi connectivity index (χ1n) is 11.0. The maximum atomic E-state index is 13.0. The maximum Gasteiger partial charge on any atom is 0.243 e. The van der Waals surface area contributed by atoms with Crippen LogP contribution in [0.4, 0.5) is 11.4 Å². The summed E-state index contributed by atoms with van der Waals surface area (Å²) in [5.41, 5.74) is 1.13. The normalized spacial score (nSPS) is 20.0. The van der Waals surface area contributed by atoms with Crippen LogP contribution < -0.4 is 10.6 Å². The first kappa shape index (κ1) is 23.9. The first-order valence-corrected chi connectivity index (χ1v) is 12.4. The van der Waals surface area contributed by atoms with Gasteiger partial charge in [-0.2, -0.15) is 4.31 Å². The largest absolute Gasteiger partial charge is 0.382 e. The van der Waals surface area contributed by atoms with Crippen LogP contribution in [0.3, 0.4) is 0 Å². The molecule has 0 bridgehead atoms. The van der Waals surface area contributed by atoms with E-state index in [9.17, 15) is 13.2 Å². The Kier molecular flexibility index (Phi) is 9.09. The summed E-state index contributed by atoms with van der Waals surface area (Å²) < 4.78 is 43.7. The van der Waals surface area contributed by atoms with Crippen molar-refractivity contribution in [2.24, 2.45) is 0 Å². The number of hydrogen-bond acceptors (Lipinski definition) is 7. The second kappa shape index (κ2) is 11.8. The number of carbonyl (C=O) groups is 1. The van der Waals surface area contributed by atoms with E-state index in [-0.39, 0.29) is 16.9 Å². The molecule has 2 N–H and O–H groups in total. The highest BCUT2D eigenvalue weighted by molar-refractivity contribution is 7.89. The minimum atomic E-state index is -3.66. The zero-order valence-corrected chi connectivity index (χ0v) is 18.9. The summed E-state index contributed by atoms with van der Waals surface area (Å²) in [5, 5.41) is 6.18. The molecule has 1 aromatic carbocycles. The molecule has 2 saturated heterocycles. The Labute approximate surface area is 184 Å². The van der Waals surface area contributed by atoms with E-state index in [4.69, 9.17) is 14.2 Å². The van der Waals surface area contributed by atoms with Crippen LogP contribution in [-0.2, 0) is 29.0 Å². The molecule has 2 heterocycles. The number of amides is 1. The van der Waals surface area contributed by atoms with Crippen LogP contribution in [0, 0.1) is 0 Å². The quantitative estimate of drug-likeness (QED) is 0.492. The molecule has 0 aliphatic carbocycles. The van der Waals surface area contributed by atoms with Gasteiger partial charge >= 0.3 is 0 Å². The number of benzene rings is 1. The molecule has 0 aromatic heterocycles. The van der Waals surface area contributed by atoms with Gasteiger partial charge in [0.1, 0.15) is 0 Å². The molecule has 2 aliphatic heterocycles. The summed E-state index contributed by atoms with van der Waals surface area (Å²) in [5.74, 6) is -0.180. The average Bonchev–Trinajstić information content (AvgIpc) is 3.30. The molecule has 1 atom stereocenters. The maximum absolute atomic E-state index is 13.0. The molecule has 10 heteroatoms. The Morgan fingerprint density at radius 2 is 2.03 bits per heavy atom. The van der Waals surface area contributed by atoms with Gasteiger partial charge in [-0.15, -0.1) is 0 Å². The van der Waals surface area contributed by atoms with Crippen LogP contribution in [-0.4, -0.2) is 77.4 Å². The van der Waals surface area contributed by atoms with Crippen molar-refractivity contribution < 1.29 is 27.4 Å². The summed E-state index contributed by atoms with van der Waals surface area (Å²) >= 11 is 0. The van der Waals surface area contributed by atoms with E-state index < -0.39 is 10.0 Å². The van der Waals surface area contributed by atoms with Crippen molar-refractivity contribution in [3.63, 3.8) is 0 Å². The lowest BCUT2D eigenvalue weighted by atomic mass is 10.2. The van der Waals surface area contributed by atoms with Gasteiger partial charge in [0.25, 0.3) is 0 Å². The van der Waals surface area contributed by atoms with Crippen molar-refractivity contribution in [3.8, 4) is 0 Å². The van der Waals surface area contributed by atoms with Crippen molar-refractivity contribution in [1.29, 1.82) is 0 Å². The molecule has 0 saturated carbocycles. The van der Waals surface area contributed by atoms with Gasteiger partial charge in [0, 0.05) is 45.9 Å². The summed E-state index contributed by atoms with van der Waals surface area (Å²) in [6.45, 7) is 5.79. The molecule has 0 radical (unpaired) electrons. The molecular formula is C21H33N3O6S. The second-order valence-corrected chi connectivity index (χ2v) is 9.53. The van der Waals surface area contributed by atoms with Gasteiger partial charge in [0.15, 0.2) is 0 Å².